The summed E-state index contributed by atoms with van der Waals surface area (Å²) in [4.78, 5) is 0. The number of nitrogens with two attached hydrogens (primary N) is 1. The molecule has 0 amide bonds. The molecule has 1 fully saturated rings. The summed E-state index contributed by atoms with van der Waals surface area (Å²) in [5.41, 5.74) is 4.61. The van der Waals surface area contributed by atoms with Crippen molar-refractivity contribution in [3.63, 3.8) is 0 Å². The Labute approximate surface area is 65.9 Å². The number of nitriles is 1. The van der Waals surface area contributed by atoms with E-state index in [2.05, 4.69) is 0 Å². The van der Waals surface area contributed by atoms with Crippen molar-refractivity contribution in [3.05, 3.63) is 0 Å². The van der Waals surface area contributed by atoms with Crippen molar-refractivity contribution in [3.8, 4) is 6.07 Å². The van der Waals surface area contributed by atoms with Gasteiger partial charge in [0.15, 0.2) is 0 Å². The van der Waals surface area contributed by atoms with Crippen molar-refractivity contribution < 1.29 is 8.42 Å². The molecule has 1 rings (SSSR count). The van der Waals surface area contributed by atoms with Gasteiger partial charge in [-0.3, -0.25) is 0 Å². The molecule has 0 aromatic carbocycles. The van der Waals surface area contributed by atoms with E-state index in [-0.39, 0.29) is 11.7 Å². The first-order valence-electron chi connectivity index (χ1n) is 3.25. The van der Waals surface area contributed by atoms with Crippen molar-refractivity contribution in [2.24, 2.45) is 11.7 Å². The Balaban J connectivity index is 2.55. The highest BCUT2D eigenvalue weighted by Crippen LogP contribution is 2.40. The molecule has 1 saturated carbocycles. The lowest BCUT2D eigenvalue weighted by atomic mass is 10.3. The molecule has 0 radical (unpaired) electrons. The van der Waals surface area contributed by atoms with Gasteiger partial charge in [-0.25, -0.2) is 8.42 Å². The second kappa shape index (κ2) is 2.19. The Hall–Kier alpha value is -0.600. The molecule has 1 aliphatic rings. The van der Waals surface area contributed by atoms with Gasteiger partial charge in [0, 0.05) is 12.2 Å². The predicted octanol–water partition coefficient (Wildman–Crippen LogP) is -0.728. The predicted molar refractivity (Wildman–Crippen MR) is 40.3 cm³/mol. The van der Waals surface area contributed by atoms with Gasteiger partial charge in [-0.15, -0.1) is 0 Å². The normalized spacial score (nSPS) is 36.3. The molecule has 0 aromatic rings. The van der Waals surface area contributed by atoms with Gasteiger partial charge in [0.2, 0.25) is 0 Å². The minimum atomic E-state index is -2.97. The quantitative estimate of drug-likeness (QED) is 0.598. The smallest absolute Gasteiger partial charge is 0.147 e. The van der Waals surface area contributed by atoms with Crippen LogP contribution in [0.1, 0.15) is 6.42 Å². The van der Waals surface area contributed by atoms with Gasteiger partial charge in [-0.2, -0.15) is 5.26 Å². The summed E-state index contributed by atoms with van der Waals surface area (Å²) in [6.45, 7) is 0. The summed E-state index contributed by atoms with van der Waals surface area (Å²) < 4.78 is 21.4. The zero-order chi connectivity index (χ0) is 8.70. The van der Waals surface area contributed by atoms with Crippen LogP contribution in [0.3, 0.4) is 0 Å². The van der Waals surface area contributed by atoms with Gasteiger partial charge in [0.05, 0.1) is 11.8 Å². The number of hydrogen-bond acceptors (Lipinski definition) is 4. The number of sulfone groups is 1. The lowest BCUT2D eigenvalue weighted by molar-refractivity contribution is 0.595. The summed E-state index contributed by atoms with van der Waals surface area (Å²) in [5.74, 6) is -0.112. The van der Waals surface area contributed by atoms with Crippen LogP contribution >= 0.6 is 0 Å². The summed E-state index contributed by atoms with van der Waals surface area (Å²) >= 11 is 0. The zero-order valence-corrected chi connectivity index (χ0v) is 7.06. The lowest BCUT2D eigenvalue weighted by Crippen LogP contribution is -2.25. The summed E-state index contributed by atoms with van der Waals surface area (Å²) in [5, 5.41) is 8.46. The Morgan fingerprint density at radius 2 is 2.36 bits per heavy atom. The van der Waals surface area contributed by atoms with E-state index in [1.165, 1.54) is 0 Å². The molecule has 0 aromatic heterocycles. The highest BCUT2D eigenvalue weighted by molar-refractivity contribution is 7.90. The Bertz CT molecular complexity index is 303. The maximum atomic E-state index is 10.7. The minimum absolute atomic E-state index is 0.0387. The molecule has 5 heteroatoms. The Kier molecular flexibility index (Phi) is 1.69. The van der Waals surface area contributed by atoms with Crippen LogP contribution in [-0.2, 0) is 9.84 Å². The van der Waals surface area contributed by atoms with Gasteiger partial charge in [0.1, 0.15) is 15.4 Å². The van der Waals surface area contributed by atoms with E-state index >= 15 is 0 Å². The molecule has 0 saturated heterocycles. The zero-order valence-electron chi connectivity index (χ0n) is 6.24. The molecular weight excluding hydrogens is 164 g/mol. The molecule has 11 heavy (non-hydrogen) atoms. The second-order valence-electron chi connectivity index (χ2n) is 3.15. The van der Waals surface area contributed by atoms with Crippen LogP contribution < -0.4 is 5.73 Å². The van der Waals surface area contributed by atoms with Crippen LogP contribution in [0.2, 0.25) is 0 Å². The van der Waals surface area contributed by atoms with Gasteiger partial charge in [-0.1, -0.05) is 0 Å². The van der Waals surface area contributed by atoms with Crippen LogP contribution in [0.5, 0.6) is 0 Å². The monoisotopic (exact) mass is 174 g/mol. The van der Waals surface area contributed by atoms with Crippen molar-refractivity contribution in [1.82, 2.24) is 0 Å². The molecule has 62 valence electrons. The molecule has 1 aliphatic carbocycles. The standard InChI is InChI=1S/C6H10N2O2S/c1-11(9,10)3-5-2-6(5,8)4-7/h5H,2-3,8H2,1H3/t5-,6-/m1/s1. The van der Waals surface area contributed by atoms with Crippen LogP contribution in [0, 0.1) is 17.2 Å². The van der Waals surface area contributed by atoms with E-state index in [1.54, 1.807) is 0 Å². The van der Waals surface area contributed by atoms with Crippen molar-refractivity contribution in [1.29, 1.82) is 5.26 Å². The first kappa shape index (κ1) is 8.50. The topological polar surface area (TPSA) is 83.9 Å². The molecule has 0 unspecified atom stereocenters. The van der Waals surface area contributed by atoms with Gasteiger partial charge in [0.25, 0.3) is 0 Å². The maximum absolute atomic E-state index is 10.7. The Morgan fingerprint density at radius 1 is 1.82 bits per heavy atom. The molecule has 4 nitrogen and oxygen atoms in total. The summed E-state index contributed by atoms with van der Waals surface area (Å²) in [7, 11) is -2.97. The van der Waals surface area contributed by atoms with Crippen molar-refractivity contribution in [2.75, 3.05) is 12.0 Å². The van der Waals surface area contributed by atoms with E-state index in [9.17, 15) is 8.42 Å². The van der Waals surface area contributed by atoms with Crippen molar-refractivity contribution in [2.45, 2.75) is 12.0 Å². The van der Waals surface area contributed by atoms with Gasteiger partial charge >= 0.3 is 0 Å². The minimum Gasteiger partial charge on any atom is -0.313 e. The first-order valence-corrected chi connectivity index (χ1v) is 5.31. The average Bonchev–Trinajstić information content (AvgIpc) is 2.40. The molecule has 0 bridgehead atoms. The second-order valence-corrected chi connectivity index (χ2v) is 5.33. The third-order valence-electron chi connectivity index (χ3n) is 1.86. The first-order chi connectivity index (χ1) is 4.87. The largest absolute Gasteiger partial charge is 0.313 e. The number of nitrogens with zero attached hydrogens (tertiary/aromatic N) is 1. The van der Waals surface area contributed by atoms with E-state index in [4.69, 9.17) is 11.0 Å². The third-order valence-corrected chi connectivity index (χ3v) is 2.87. The van der Waals surface area contributed by atoms with E-state index in [1.807, 2.05) is 6.07 Å². The Morgan fingerprint density at radius 3 is 2.64 bits per heavy atom. The molecule has 2 N–H and O–H groups in total. The van der Waals surface area contributed by atoms with Crippen LogP contribution in [-0.4, -0.2) is 26.0 Å². The molecule has 2 atom stereocenters. The van der Waals surface area contributed by atoms with Crippen molar-refractivity contribution >= 4 is 9.84 Å². The molecule has 0 heterocycles. The molecule has 0 aliphatic heterocycles. The maximum Gasteiger partial charge on any atom is 0.147 e. The average molecular weight is 174 g/mol. The highest BCUT2D eigenvalue weighted by Gasteiger charge is 2.52. The van der Waals surface area contributed by atoms with E-state index < -0.39 is 15.4 Å². The fourth-order valence-electron chi connectivity index (χ4n) is 1.06. The highest BCUT2D eigenvalue weighted by atomic mass is 32.2. The fourth-order valence-corrected chi connectivity index (χ4v) is 2.20. The lowest BCUT2D eigenvalue weighted by Gasteiger charge is -1.97. The SMILES string of the molecule is CS(=O)(=O)C[C@H]1C[C@@]1(N)C#N. The van der Waals surface area contributed by atoms with Crippen LogP contribution in [0.4, 0.5) is 0 Å². The van der Waals surface area contributed by atoms with Crippen LogP contribution in [0.15, 0.2) is 0 Å². The third kappa shape index (κ3) is 1.91. The molecular formula is C6H10N2O2S. The summed E-state index contributed by atoms with van der Waals surface area (Å²) in [6.07, 6.45) is 1.67. The van der Waals surface area contributed by atoms with Gasteiger partial charge < -0.3 is 5.73 Å². The fraction of sp³-hybridized carbons (Fsp3) is 0.833. The molecule has 0 spiro atoms. The van der Waals surface area contributed by atoms with Crippen LogP contribution in [0.25, 0.3) is 0 Å². The van der Waals surface area contributed by atoms with Gasteiger partial charge in [-0.05, 0) is 6.42 Å². The van der Waals surface area contributed by atoms with E-state index in [0.717, 1.165) is 6.26 Å². The summed E-state index contributed by atoms with van der Waals surface area (Å²) in [6, 6.07) is 1.90. The number of hydrogen-bond donors (Lipinski definition) is 1. The van der Waals surface area contributed by atoms with E-state index in [0.29, 0.717) is 6.42 Å². The number of rotatable bonds is 2.